The third kappa shape index (κ3) is 3.11. The molecule has 3 atom stereocenters. The summed E-state index contributed by atoms with van der Waals surface area (Å²) in [5, 5.41) is 3.40. The monoisotopic (exact) mass is 347 g/mol. The van der Waals surface area contributed by atoms with Gasteiger partial charge in [-0.05, 0) is 47.3 Å². The maximum atomic E-state index is 5.94. The number of likely N-dealkylation sites (N-methyl/N-ethyl adjacent to an activating group) is 1. The van der Waals surface area contributed by atoms with Gasteiger partial charge in [0.05, 0.1) is 0 Å². The molecule has 0 saturated heterocycles. The molecule has 1 N–H and O–H groups in total. The number of hydrogen-bond donors (Lipinski definition) is 1. The highest BCUT2D eigenvalue weighted by atomic mass is 127. The summed E-state index contributed by atoms with van der Waals surface area (Å²) >= 11 is 2.29. The van der Waals surface area contributed by atoms with Gasteiger partial charge in [0.2, 0.25) is 0 Å². The Hall–Kier alpha value is -0.330. The topological polar surface area (TPSA) is 30.5 Å². The molecule has 1 aliphatic carbocycles. The van der Waals surface area contributed by atoms with Crippen LogP contribution in [0.15, 0.2) is 24.3 Å². The van der Waals surface area contributed by atoms with Crippen LogP contribution in [0.5, 0.6) is 5.75 Å². The Kier molecular flexibility index (Phi) is 4.64. The summed E-state index contributed by atoms with van der Waals surface area (Å²) < 4.78 is 12.6. The minimum atomic E-state index is 0.160. The third-order valence-electron chi connectivity index (χ3n) is 3.07. The summed E-state index contributed by atoms with van der Waals surface area (Å²) in [6.45, 7) is 3.08. The average Bonchev–Trinajstić information content (AvgIpc) is 2.28. The van der Waals surface area contributed by atoms with E-state index >= 15 is 0 Å². The molecule has 3 nitrogen and oxygen atoms in total. The van der Waals surface area contributed by atoms with E-state index in [-0.39, 0.29) is 12.2 Å². The first kappa shape index (κ1) is 13.1. The molecule has 1 aromatic carbocycles. The van der Waals surface area contributed by atoms with E-state index in [1.54, 1.807) is 7.11 Å². The zero-order valence-corrected chi connectivity index (χ0v) is 12.3. The highest BCUT2D eigenvalue weighted by molar-refractivity contribution is 14.1. The Labute approximate surface area is 116 Å². The maximum Gasteiger partial charge on any atom is 0.128 e. The minimum Gasteiger partial charge on any atom is -0.488 e. The fourth-order valence-electron chi connectivity index (χ4n) is 2.19. The van der Waals surface area contributed by atoms with Crippen LogP contribution in [0.1, 0.15) is 13.3 Å². The summed E-state index contributed by atoms with van der Waals surface area (Å²) in [7, 11) is 1.75. The molecule has 4 heteroatoms. The zero-order valence-electron chi connectivity index (χ0n) is 10.2. The van der Waals surface area contributed by atoms with Crippen LogP contribution < -0.4 is 10.1 Å². The maximum absolute atomic E-state index is 5.94. The van der Waals surface area contributed by atoms with Crippen molar-refractivity contribution in [1.29, 1.82) is 0 Å². The molecular formula is C13H18INO2. The quantitative estimate of drug-likeness (QED) is 0.830. The van der Waals surface area contributed by atoms with E-state index in [4.69, 9.17) is 9.47 Å². The van der Waals surface area contributed by atoms with Crippen LogP contribution in [0.2, 0.25) is 0 Å². The lowest BCUT2D eigenvalue weighted by Gasteiger charge is -2.43. The molecule has 0 aromatic heterocycles. The van der Waals surface area contributed by atoms with Crippen LogP contribution in [0.4, 0.5) is 0 Å². The Morgan fingerprint density at radius 2 is 2.29 bits per heavy atom. The van der Waals surface area contributed by atoms with Crippen LogP contribution in [0, 0.1) is 3.57 Å². The SMILES string of the molecule is CCNC1CC(Oc2cccc(I)c2)C1OC. The van der Waals surface area contributed by atoms with Gasteiger partial charge in [0.15, 0.2) is 0 Å². The second-order valence-electron chi connectivity index (χ2n) is 4.21. The smallest absolute Gasteiger partial charge is 0.128 e. The summed E-state index contributed by atoms with van der Waals surface area (Å²) in [4.78, 5) is 0. The van der Waals surface area contributed by atoms with Crippen molar-refractivity contribution in [3.63, 3.8) is 0 Å². The van der Waals surface area contributed by atoms with Crippen LogP contribution in [-0.4, -0.2) is 31.9 Å². The van der Waals surface area contributed by atoms with E-state index in [1.807, 2.05) is 18.2 Å². The van der Waals surface area contributed by atoms with Crippen molar-refractivity contribution in [3.8, 4) is 5.75 Å². The Morgan fingerprint density at radius 3 is 2.94 bits per heavy atom. The molecule has 0 amide bonds. The highest BCUT2D eigenvalue weighted by Gasteiger charge is 2.42. The first-order valence-electron chi connectivity index (χ1n) is 5.93. The van der Waals surface area contributed by atoms with E-state index in [2.05, 4.69) is 40.9 Å². The van der Waals surface area contributed by atoms with Crippen molar-refractivity contribution in [2.45, 2.75) is 31.6 Å². The molecule has 17 heavy (non-hydrogen) atoms. The molecule has 1 fully saturated rings. The zero-order chi connectivity index (χ0) is 12.3. The molecule has 2 rings (SSSR count). The van der Waals surface area contributed by atoms with Crippen LogP contribution >= 0.6 is 22.6 Å². The van der Waals surface area contributed by atoms with Gasteiger partial charge >= 0.3 is 0 Å². The second kappa shape index (κ2) is 6.02. The fraction of sp³-hybridized carbons (Fsp3) is 0.538. The lowest BCUT2D eigenvalue weighted by molar-refractivity contribution is -0.0884. The lowest BCUT2D eigenvalue weighted by Crippen LogP contribution is -2.60. The Morgan fingerprint density at radius 1 is 1.47 bits per heavy atom. The van der Waals surface area contributed by atoms with Gasteiger partial charge in [-0.3, -0.25) is 0 Å². The Balaban J connectivity index is 1.92. The number of nitrogens with one attached hydrogen (secondary N) is 1. The van der Waals surface area contributed by atoms with Gasteiger partial charge in [-0.1, -0.05) is 13.0 Å². The number of benzene rings is 1. The Bertz CT molecular complexity index is 372. The summed E-state index contributed by atoms with van der Waals surface area (Å²) in [5.74, 6) is 0.930. The molecule has 0 spiro atoms. The molecule has 0 bridgehead atoms. The van der Waals surface area contributed by atoms with Gasteiger partial charge in [0.25, 0.3) is 0 Å². The van der Waals surface area contributed by atoms with Gasteiger partial charge in [0, 0.05) is 23.1 Å². The molecule has 94 valence electrons. The molecule has 1 aromatic rings. The molecule has 1 aliphatic rings. The predicted molar refractivity (Wildman–Crippen MR) is 76.5 cm³/mol. The fourth-order valence-corrected chi connectivity index (χ4v) is 2.70. The van der Waals surface area contributed by atoms with Crippen molar-refractivity contribution in [2.24, 2.45) is 0 Å². The van der Waals surface area contributed by atoms with E-state index in [0.717, 1.165) is 18.7 Å². The number of rotatable bonds is 5. The van der Waals surface area contributed by atoms with E-state index in [1.165, 1.54) is 3.57 Å². The highest BCUT2D eigenvalue weighted by Crippen LogP contribution is 2.29. The summed E-state index contributed by atoms with van der Waals surface area (Å²) in [5.41, 5.74) is 0. The minimum absolute atomic E-state index is 0.160. The van der Waals surface area contributed by atoms with E-state index < -0.39 is 0 Å². The van der Waals surface area contributed by atoms with Gasteiger partial charge in [-0.15, -0.1) is 0 Å². The van der Waals surface area contributed by atoms with Crippen molar-refractivity contribution >= 4 is 22.6 Å². The van der Waals surface area contributed by atoms with Crippen molar-refractivity contribution in [3.05, 3.63) is 27.8 Å². The van der Waals surface area contributed by atoms with Crippen LogP contribution in [0.3, 0.4) is 0 Å². The number of methoxy groups -OCH3 is 1. The first-order valence-corrected chi connectivity index (χ1v) is 7.01. The van der Waals surface area contributed by atoms with Gasteiger partial charge in [-0.2, -0.15) is 0 Å². The molecule has 0 aliphatic heterocycles. The van der Waals surface area contributed by atoms with E-state index in [0.29, 0.717) is 6.04 Å². The lowest BCUT2D eigenvalue weighted by atomic mass is 9.85. The first-order chi connectivity index (χ1) is 8.24. The number of ether oxygens (including phenoxy) is 2. The largest absolute Gasteiger partial charge is 0.488 e. The molecule has 3 unspecified atom stereocenters. The second-order valence-corrected chi connectivity index (χ2v) is 5.46. The number of halogens is 1. The van der Waals surface area contributed by atoms with Crippen LogP contribution in [-0.2, 0) is 4.74 Å². The molecular weight excluding hydrogens is 329 g/mol. The standard InChI is InChI=1S/C13H18INO2/c1-3-15-11-8-12(13(11)16-2)17-10-6-4-5-9(14)7-10/h4-7,11-13,15H,3,8H2,1-2H3. The van der Waals surface area contributed by atoms with Crippen molar-refractivity contribution in [1.82, 2.24) is 5.32 Å². The van der Waals surface area contributed by atoms with Gasteiger partial charge in [-0.25, -0.2) is 0 Å². The van der Waals surface area contributed by atoms with Crippen molar-refractivity contribution in [2.75, 3.05) is 13.7 Å². The van der Waals surface area contributed by atoms with E-state index in [9.17, 15) is 0 Å². The number of hydrogen-bond acceptors (Lipinski definition) is 3. The average molecular weight is 347 g/mol. The van der Waals surface area contributed by atoms with Gasteiger partial charge < -0.3 is 14.8 Å². The molecule has 0 radical (unpaired) electrons. The van der Waals surface area contributed by atoms with Gasteiger partial charge in [0.1, 0.15) is 18.0 Å². The van der Waals surface area contributed by atoms with Crippen LogP contribution in [0.25, 0.3) is 0 Å². The molecule has 1 saturated carbocycles. The third-order valence-corrected chi connectivity index (χ3v) is 3.74. The predicted octanol–water partition coefficient (Wildman–Crippen LogP) is 2.44. The summed E-state index contributed by atoms with van der Waals surface area (Å²) in [6.07, 6.45) is 1.34. The normalized spacial score (nSPS) is 27.6. The van der Waals surface area contributed by atoms with Crippen molar-refractivity contribution < 1.29 is 9.47 Å². The summed E-state index contributed by atoms with van der Waals surface area (Å²) in [6, 6.07) is 8.55. The molecule has 0 heterocycles.